The van der Waals surface area contributed by atoms with Gasteiger partial charge in [0.2, 0.25) is 0 Å². The molecule has 0 aromatic carbocycles. The number of nitro groups is 1. The maximum atomic E-state index is 12.5. The lowest BCUT2D eigenvalue weighted by Crippen LogP contribution is -2.20. The van der Waals surface area contributed by atoms with Crippen LogP contribution in [0.15, 0.2) is 24.1 Å². The first-order valence-electron chi connectivity index (χ1n) is 2.87. The van der Waals surface area contributed by atoms with Crippen LogP contribution in [0.25, 0.3) is 0 Å². The van der Waals surface area contributed by atoms with Crippen molar-refractivity contribution in [1.29, 1.82) is 0 Å². The van der Waals surface area contributed by atoms with Gasteiger partial charge in [-0.25, -0.2) is 4.39 Å². The molecule has 1 atom stereocenters. The Morgan fingerprint density at radius 2 is 2.50 bits per heavy atom. The topological polar surface area (TPSA) is 43.1 Å². The summed E-state index contributed by atoms with van der Waals surface area (Å²) in [6, 6.07) is -1.15. The molecule has 0 aromatic rings. The summed E-state index contributed by atoms with van der Waals surface area (Å²) in [6.07, 6.45) is 4.35. The van der Waals surface area contributed by atoms with E-state index >= 15 is 0 Å². The Morgan fingerprint density at radius 1 is 1.80 bits per heavy atom. The van der Waals surface area contributed by atoms with Crippen molar-refractivity contribution in [1.82, 2.24) is 0 Å². The van der Waals surface area contributed by atoms with Gasteiger partial charge < -0.3 is 0 Å². The average Bonchev–Trinajstić information content (AvgIpc) is 1.88. The number of hydrogen-bond donors (Lipinski definition) is 0. The summed E-state index contributed by atoms with van der Waals surface area (Å²) < 4.78 is 12.5. The van der Waals surface area contributed by atoms with Gasteiger partial charge in [-0.2, -0.15) is 0 Å². The largest absolute Gasteiger partial charge is 0.267 e. The third-order valence-electron chi connectivity index (χ3n) is 1.32. The lowest BCUT2D eigenvalue weighted by Gasteiger charge is -2.05. The zero-order valence-corrected chi connectivity index (χ0v) is 5.16. The number of nitrogens with zero attached hydrogens (tertiary/aromatic N) is 1. The van der Waals surface area contributed by atoms with E-state index in [2.05, 4.69) is 0 Å². The van der Waals surface area contributed by atoms with Gasteiger partial charge in [0.05, 0.1) is 0 Å². The molecule has 10 heavy (non-hydrogen) atoms. The predicted octanol–water partition coefficient (Wildman–Crippen LogP) is 1.44. The Balaban J connectivity index is 2.73. The van der Waals surface area contributed by atoms with E-state index in [1.807, 2.05) is 0 Å². The van der Waals surface area contributed by atoms with Crippen LogP contribution in [0, 0.1) is 10.1 Å². The van der Waals surface area contributed by atoms with Crippen LogP contribution in [0.3, 0.4) is 0 Å². The Kier molecular flexibility index (Phi) is 1.80. The molecule has 1 rings (SSSR count). The van der Waals surface area contributed by atoms with E-state index in [0.717, 1.165) is 6.08 Å². The lowest BCUT2D eigenvalue weighted by atomic mass is 10.1. The average molecular weight is 143 g/mol. The van der Waals surface area contributed by atoms with E-state index in [1.165, 1.54) is 6.08 Å². The third-order valence-corrected chi connectivity index (χ3v) is 1.32. The number of allylic oxidation sites excluding steroid dienone is 2. The summed E-state index contributed by atoms with van der Waals surface area (Å²) >= 11 is 0. The SMILES string of the molecule is O=[N+]([O-])C1CC=CC=C1F. The van der Waals surface area contributed by atoms with Crippen molar-refractivity contribution in [3.8, 4) is 0 Å². The van der Waals surface area contributed by atoms with Crippen molar-refractivity contribution in [3.05, 3.63) is 34.2 Å². The Labute approximate surface area is 57.0 Å². The summed E-state index contributed by atoms with van der Waals surface area (Å²) in [6.45, 7) is 0. The fraction of sp³-hybridized carbons (Fsp3) is 0.333. The molecule has 1 unspecified atom stereocenters. The van der Waals surface area contributed by atoms with Crippen molar-refractivity contribution < 1.29 is 9.31 Å². The van der Waals surface area contributed by atoms with Gasteiger partial charge in [0, 0.05) is 11.3 Å². The highest BCUT2D eigenvalue weighted by Crippen LogP contribution is 2.16. The summed E-state index contributed by atoms with van der Waals surface area (Å²) in [4.78, 5) is 9.44. The van der Waals surface area contributed by atoms with Crippen LogP contribution >= 0.6 is 0 Å². The first-order valence-corrected chi connectivity index (χ1v) is 2.87. The Morgan fingerprint density at radius 3 is 2.90 bits per heavy atom. The van der Waals surface area contributed by atoms with Gasteiger partial charge in [-0.3, -0.25) is 10.1 Å². The zero-order chi connectivity index (χ0) is 7.56. The van der Waals surface area contributed by atoms with Gasteiger partial charge in [0.25, 0.3) is 6.04 Å². The van der Waals surface area contributed by atoms with Crippen molar-refractivity contribution in [2.75, 3.05) is 0 Å². The van der Waals surface area contributed by atoms with Gasteiger partial charge in [0.1, 0.15) is 0 Å². The van der Waals surface area contributed by atoms with Crippen LogP contribution in [-0.4, -0.2) is 11.0 Å². The minimum absolute atomic E-state index is 0.162. The second-order valence-corrected chi connectivity index (χ2v) is 2.02. The van der Waals surface area contributed by atoms with Crippen LogP contribution in [-0.2, 0) is 0 Å². The number of halogens is 1. The summed E-state index contributed by atoms with van der Waals surface area (Å²) in [5, 5.41) is 10.1. The smallest absolute Gasteiger partial charge is 0.264 e. The predicted molar refractivity (Wildman–Crippen MR) is 33.7 cm³/mol. The van der Waals surface area contributed by atoms with E-state index in [4.69, 9.17) is 0 Å². The fourth-order valence-electron chi connectivity index (χ4n) is 0.778. The Bertz CT molecular complexity index is 210. The Hall–Kier alpha value is -1.19. The van der Waals surface area contributed by atoms with Crippen LogP contribution in [0.2, 0.25) is 0 Å². The van der Waals surface area contributed by atoms with Gasteiger partial charge in [-0.05, 0) is 6.08 Å². The molecule has 0 aliphatic heterocycles. The fourth-order valence-corrected chi connectivity index (χ4v) is 0.778. The molecule has 1 aliphatic carbocycles. The van der Waals surface area contributed by atoms with E-state index in [-0.39, 0.29) is 6.42 Å². The van der Waals surface area contributed by atoms with Gasteiger partial charge >= 0.3 is 0 Å². The second kappa shape index (κ2) is 2.60. The number of hydrogen-bond acceptors (Lipinski definition) is 2. The molecule has 0 fully saturated rings. The molecule has 0 heterocycles. The summed E-state index contributed by atoms with van der Waals surface area (Å²) in [7, 11) is 0. The molecular weight excluding hydrogens is 137 g/mol. The minimum Gasteiger partial charge on any atom is -0.264 e. The molecule has 0 bridgehead atoms. The monoisotopic (exact) mass is 143 g/mol. The van der Waals surface area contributed by atoms with E-state index in [0.29, 0.717) is 0 Å². The maximum absolute atomic E-state index is 12.5. The van der Waals surface area contributed by atoms with Crippen molar-refractivity contribution >= 4 is 0 Å². The van der Waals surface area contributed by atoms with Crippen molar-refractivity contribution in [2.24, 2.45) is 0 Å². The molecule has 0 aromatic heterocycles. The van der Waals surface area contributed by atoms with E-state index in [1.54, 1.807) is 6.08 Å². The molecule has 0 saturated heterocycles. The molecule has 0 spiro atoms. The standard InChI is InChI=1S/C6H6FNO2/c7-5-3-1-2-4-6(5)8(9)10/h1-3,6H,4H2. The molecule has 0 N–H and O–H groups in total. The molecule has 3 nitrogen and oxygen atoms in total. The summed E-state index contributed by atoms with van der Waals surface area (Å²) in [5.74, 6) is -0.660. The van der Waals surface area contributed by atoms with E-state index < -0.39 is 16.8 Å². The van der Waals surface area contributed by atoms with Crippen LogP contribution < -0.4 is 0 Å². The maximum Gasteiger partial charge on any atom is 0.267 e. The van der Waals surface area contributed by atoms with E-state index in [9.17, 15) is 14.5 Å². The zero-order valence-electron chi connectivity index (χ0n) is 5.16. The van der Waals surface area contributed by atoms with Crippen LogP contribution in [0.4, 0.5) is 4.39 Å². The summed E-state index contributed by atoms with van der Waals surface area (Å²) in [5.41, 5.74) is 0. The van der Waals surface area contributed by atoms with Gasteiger partial charge in [0.15, 0.2) is 5.83 Å². The second-order valence-electron chi connectivity index (χ2n) is 2.02. The molecule has 1 aliphatic rings. The van der Waals surface area contributed by atoms with Crippen LogP contribution in [0.5, 0.6) is 0 Å². The molecule has 54 valence electrons. The van der Waals surface area contributed by atoms with Crippen molar-refractivity contribution in [2.45, 2.75) is 12.5 Å². The third kappa shape index (κ3) is 1.21. The van der Waals surface area contributed by atoms with Crippen LogP contribution in [0.1, 0.15) is 6.42 Å². The molecular formula is C6H6FNO2. The normalized spacial score (nSPS) is 24.1. The highest BCUT2D eigenvalue weighted by atomic mass is 19.1. The molecule has 0 amide bonds. The van der Waals surface area contributed by atoms with Gasteiger partial charge in [-0.1, -0.05) is 12.2 Å². The molecule has 4 heteroatoms. The minimum atomic E-state index is -1.15. The first-order chi connectivity index (χ1) is 4.72. The first kappa shape index (κ1) is 6.92. The molecule has 0 radical (unpaired) electrons. The number of rotatable bonds is 1. The quantitative estimate of drug-likeness (QED) is 0.411. The van der Waals surface area contributed by atoms with Crippen molar-refractivity contribution in [3.63, 3.8) is 0 Å². The lowest BCUT2D eigenvalue weighted by molar-refractivity contribution is -0.514. The van der Waals surface area contributed by atoms with Gasteiger partial charge in [-0.15, -0.1) is 0 Å². The highest BCUT2D eigenvalue weighted by molar-refractivity contribution is 5.16. The highest BCUT2D eigenvalue weighted by Gasteiger charge is 2.25. The molecule has 0 saturated carbocycles.